The van der Waals surface area contributed by atoms with E-state index in [-0.39, 0.29) is 17.9 Å². The molecule has 0 aliphatic carbocycles. The number of morpholine rings is 1. The maximum Gasteiger partial charge on any atom is 0.315 e. The van der Waals surface area contributed by atoms with Gasteiger partial charge in [0, 0.05) is 26.2 Å². The molecule has 6 heteroatoms. The first-order chi connectivity index (χ1) is 11.1. The van der Waals surface area contributed by atoms with Gasteiger partial charge in [0.1, 0.15) is 5.82 Å². The second-order valence-electron chi connectivity index (χ2n) is 5.74. The highest BCUT2D eigenvalue weighted by Gasteiger charge is 2.23. The van der Waals surface area contributed by atoms with E-state index in [4.69, 9.17) is 4.74 Å². The lowest BCUT2D eigenvalue weighted by molar-refractivity contribution is 0.0166. The minimum absolute atomic E-state index is 0.0785. The highest BCUT2D eigenvalue weighted by atomic mass is 19.1. The fourth-order valence-electron chi connectivity index (χ4n) is 2.54. The zero-order valence-corrected chi connectivity index (χ0v) is 13.5. The van der Waals surface area contributed by atoms with Crippen molar-refractivity contribution in [2.24, 2.45) is 0 Å². The lowest BCUT2D eigenvalue weighted by Gasteiger charge is -2.35. The molecule has 0 aromatic heterocycles. The number of nitrogens with one attached hydrogen (secondary N) is 2. The van der Waals surface area contributed by atoms with Gasteiger partial charge in [0.25, 0.3) is 0 Å². The van der Waals surface area contributed by atoms with Gasteiger partial charge < -0.3 is 15.4 Å². The van der Waals surface area contributed by atoms with Crippen LogP contribution in [-0.2, 0) is 4.74 Å². The second-order valence-corrected chi connectivity index (χ2v) is 5.74. The van der Waals surface area contributed by atoms with E-state index in [1.54, 1.807) is 6.07 Å². The van der Waals surface area contributed by atoms with Gasteiger partial charge >= 0.3 is 6.03 Å². The summed E-state index contributed by atoms with van der Waals surface area (Å²) in [6.07, 6.45) is 0. The highest BCUT2D eigenvalue weighted by molar-refractivity contribution is 5.74. The Hall–Kier alpha value is -1.92. The summed E-state index contributed by atoms with van der Waals surface area (Å²) in [7, 11) is 0. The molecule has 2 amide bonds. The van der Waals surface area contributed by atoms with Crippen molar-refractivity contribution in [3.05, 3.63) is 47.8 Å². The number of carbonyl (C=O) groups is 1. The van der Waals surface area contributed by atoms with E-state index >= 15 is 0 Å². The Morgan fingerprint density at radius 3 is 2.78 bits per heavy atom. The van der Waals surface area contributed by atoms with Gasteiger partial charge in [-0.25, -0.2) is 9.18 Å². The molecular formula is C17H24FN3O2. The lowest BCUT2D eigenvalue weighted by Crippen LogP contribution is -2.46. The summed E-state index contributed by atoms with van der Waals surface area (Å²) in [5.74, 6) is -0.271. The first-order valence-corrected chi connectivity index (χ1v) is 7.79. The van der Waals surface area contributed by atoms with Crippen LogP contribution >= 0.6 is 0 Å². The van der Waals surface area contributed by atoms with Crippen molar-refractivity contribution >= 4 is 6.03 Å². The van der Waals surface area contributed by atoms with Crippen LogP contribution < -0.4 is 10.6 Å². The molecule has 5 nitrogen and oxygen atoms in total. The van der Waals surface area contributed by atoms with E-state index in [1.165, 1.54) is 12.1 Å². The van der Waals surface area contributed by atoms with Gasteiger partial charge in [-0.05, 0) is 24.6 Å². The molecule has 1 aliphatic heterocycles. The molecule has 23 heavy (non-hydrogen) atoms. The van der Waals surface area contributed by atoms with Crippen LogP contribution in [0.25, 0.3) is 0 Å². The van der Waals surface area contributed by atoms with Crippen LogP contribution in [0.3, 0.4) is 0 Å². The van der Waals surface area contributed by atoms with E-state index in [1.807, 2.05) is 13.0 Å². The average molecular weight is 321 g/mol. The Kier molecular flexibility index (Phi) is 6.55. The molecule has 1 saturated heterocycles. The third kappa shape index (κ3) is 5.65. The van der Waals surface area contributed by atoms with Gasteiger partial charge in [0.15, 0.2) is 0 Å². The molecule has 1 aromatic rings. The third-order valence-corrected chi connectivity index (χ3v) is 3.73. The van der Waals surface area contributed by atoms with Crippen molar-refractivity contribution < 1.29 is 13.9 Å². The third-order valence-electron chi connectivity index (χ3n) is 3.73. The normalized spacial score (nSPS) is 16.6. The number of rotatable bonds is 6. The number of halogens is 1. The minimum Gasteiger partial charge on any atom is -0.379 e. The fraction of sp³-hybridized carbons (Fsp3) is 0.471. The second kappa shape index (κ2) is 8.64. The molecule has 0 saturated carbocycles. The maximum atomic E-state index is 13.6. The van der Waals surface area contributed by atoms with Gasteiger partial charge in [0.05, 0.1) is 19.3 Å². The first kappa shape index (κ1) is 17.4. The number of carbonyl (C=O) groups excluding carboxylic acids is 1. The zero-order valence-electron chi connectivity index (χ0n) is 13.5. The van der Waals surface area contributed by atoms with Gasteiger partial charge in [-0.2, -0.15) is 0 Å². The van der Waals surface area contributed by atoms with Crippen LogP contribution in [0.1, 0.15) is 18.5 Å². The van der Waals surface area contributed by atoms with E-state index < -0.39 is 0 Å². The molecule has 126 valence electrons. The molecule has 1 heterocycles. The molecule has 0 radical (unpaired) electrons. The summed E-state index contributed by atoms with van der Waals surface area (Å²) in [4.78, 5) is 14.1. The van der Waals surface area contributed by atoms with Crippen molar-refractivity contribution in [2.75, 3.05) is 39.4 Å². The Bertz CT molecular complexity index is 544. The number of urea groups is 1. The molecule has 2 rings (SSSR count). The smallest absolute Gasteiger partial charge is 0.315 e. The van der Waals surface area contributed by atoms with Crippen LogP contribution in [-0.4, -0.2) is 50.3 Å². The van der Waals surface area contributed by atoms with E-state index in [9.17, 15) is 9.18 Å². The summed E-state index contributed by atoms with van der Waals surface area (Å²) in [6, 6.07) is 6.20. The first-order valence-electron chi connectivity index (χ1n) is 7.79. The van der Waals surface area contributed by atoms with Gasteiger partial charge in [-0.1, -0.05) is 24.3 Å². The quantitative estimate of drug-likeness (QED) is 0.789. The summed E-state index contributed by atoms with van der Waals surface area (Å²) < 4.78 is 18.9. The lowest BCUT2D eigenvalue weighted by atomic mass is 10.0. The number of benzene rings is 1. The number of ether oxygens (including phenoxy) is 1. The Balaban J connectivity index is 2.01. The van der Waals surface area contributed by atoms with Crippen molar-refractivity contribution in [3.8, 4) is 0 Å². The Morgan fingerprint density at radius 2 is 2.13 bits per heavy atom. The topological polar surface area (TPSA) is 53.6 Å². The standard InChI is InChI=1S/C17H24FN3O2/c1-13(2)11-19-17(22)20-12-16(21-6-8-23-9-7-21)14-4-3-5-15(18)10-14/h3-5,10,16H,1,6-9,11-12H2,2H3,(H2,19,20,22)/t16-/m0/s1. The van der Waals surface area contributed by atoms with Crippen LogP contribution in [0.15, 0.2) is 36.4 Å². The van der Waals surface area contributed by atoms with Gasteiger partial charge in [-0.3, -0.25) is 4.90 Å². The summed E-state index contributed by atoms with van der Waals surface area (Å²) in [6.45, 7) is 9.26. The largest absolute Gasteiger partial charge is 0.379 e. The summed E-state index contributed by atoms with van der Waals surface area (Å²) in [5.41, 5.74) is 1.74. The number of amides is 2. The van der Waals surface area contributed by atoms with Crippen molar-refractivity contribution in [3.63, 3.8) is 0 Å². The molecule has 2 N–H and O–H groups in total. The van der Waals surface area contributed by atoms with Crippen molar-refractivity contribution in [1.82, 2.24) is 15.5 Å². The SMILES string of the molecule is C=C(C)CNC(=O)NC[C@@H](c1cccc(F)c1)N1CCOCC1. The number of hydrogen-bond donors (Lipinski definition) is 2. The molecule has 0 unspecified atom stereocenters. The molecular weight excluding hydrogens is 297 g/mol. The predicted octanol–water partition coefficient (Wildman–Crippen LogP) is 2.07. The average Bonchev–Trinajstić information content (AvgIpc) is 2.54. The molecule has 0 spiro atoms. The molecule has 1 fully saturated rings. The van der Waals surface area contributed by atoms with E-state index in [0.29, 0.717) is 26.3 Å². The van der Waals surface area contributed by atoms with Crippen LogP contribution in [0, 0.1) is 5.82 Å². The molecule has 1 atom stereocenters. The van der Waals surface area contributed by atoms with Crippen LogP contribution in [0.4, 0.5) is 9.18 Å². The fourth-order valence-corrected chi connectivity index (χ4v) is 2.54. The zero-order chi connectivity index (χ0) is 16.7. The monoisotopic (exact) mass is 321 g/mol. The highest BCUT2D eigenvalue weighted by Crippen LogP contribution is 2.22. The Labute approximate surface area is 136 Å². The van der Waals surface area contributed by atoms with Crippen LogP contribution in [0.5, 0.6) is 0 Å². The van der Waals surface area contributed by atoms with E-state index in [2.05, 4.69) is 22.1 Å². The predicted molar refractivity (Wildman–Crippen MR) is 87.7 cm³/mol. The van der Waals surface area contributed by atoms with Gasteiger partial charge in [0.2, 0.25) is 0 Å². The molecule has 0 bridgehead atoms. The van der Waals surface area contributed by atoms with Crippen LogP contribution in [0.2, 0.25) is 0 Å². The summed E-state index contributed by atoms with van der Waals surface area (Å²) in [5, 5.41) is 5.59. The summed E-state index contributed by atoms with van der Waals surface area (Å²) >= 11 is 0. The number of hydrogen-bond acceptors (Lipinski definition) is 3. The van der Waals surface area contributed by atoms with E-state index in [0.717, 1.165) is 24.2 Å². The Morgan fingerprint density at radius 1 is 1.39 bits per heavy atom. The van der Waals surface area contributed by atoms with Gasteiger partial charge in [-0.15, -0.1) is 0 Å². The minimum atomic E-state index is -0.271. The number of nitrogens with zero attached hydrogens (tertiary/aromatic N) is 1. The van der Waals surface area contributed by atoms with Crippen molar-refractivity contribution in [2.45, 2.75) is 13.0 Å². The molecule has 1 aromatic carbocycles. The molecule has 1 aliphatic rings. The van der Waals surface area contributed by atoms with Crippen molar-refractivity contribution in [1.29, 1.82) is 0 Å². The maximum absolute atomic E-state index is 13.6.